The molecule has 0 radical (unpaired) electrons. The number of aldehydes is 1. The maximum absolute atomic E-state index is 12.2. The fraction of sp³-hybridized carbons (Fsp3) is 0.254. The minimum Gasteiger partial charge on any atom is -0.410 e. The summed E-state index contributed by atoms with van der Waals surface area (Å²) in [7, 11) is 1.00. The summed E-state index contributed by atoms with van der Waals surface area (Å²) in [6.45, 7) is 61.6. The Bertz CT molecular complexity index is 5890. The van der Waals surface area contributed by atoms with Gasteiger partial charge in [0.2, 0.25) is 0 Å². The standard InChI is InChI=1S/C15H15NO.C15H16O.C15H14O.2C14H11NO.C10H12O.C9H10O.C7H8.C6H6.C6H5.C4H9.7C2H6.CH4O.ClH.2Li.H3NO/c1-11-8-9-14(12(2)10-11)15(16-17)13-6-4-3-5-7-13;2*1-11-8-9-14(12(2)10-11)15(16)13-6-4-3-5-7-13;2*1-10-7-8-12-13(9-10)16-15-14(12)11-5-3-2-4-6-11;1-7-4-5-10(9(3)11)8(2)6-7;1-7-3-4-9(6-10)8(2)5-7;1-7-5-3-2-4-6-7;2*1-2-4-6-5-3-1;1-3-4-2;8*1-2;;;;1-2/h3-10,17H,1-2H3;3-10,15-16H,1-2H3;3-10H,1-2H3;2*2-9H,1H3;4-6H,1-3H3;3-6H,1-2H3;2-6H,1H3;1-6H;1-5H;1,3-4H2,2H3;7*1-2H3;2H,1H3;1H;;;2H,1H2/q;;;;;;;;;2*-1;;;;;;;;;;2*+1;. The third kappa shape index (κ3) is 57.1. The molecule has 2 heterocycles. The molecule has 0 amide bonds. The summed E-state index contributed by atoms with van der Waals surface area (Å²) in [5.41, 5.74) is 28.4. The fourth-order valence-electron chi connectivity index (χ4n) is 12.8. The molecule has 0 fully saturated rings. The number of hydrogen-bond acceptors (Lipinski definition) is 13. The van der Waals surface area contributed by atoms with Gasteiger partial charge < -0.3 is 36.6 Å². The summed E-state index contributed by atoms with van der Waals surface area (Å²) in [6.07, 6.45) is 2.64. The molecule has 17 rings (SSSR count). The van der Waals surface area contributed by atoms with Gasteiger partial charge in [0.1, 0.15) is 29.5 Å². The van der Waals surface area contributed by atoms with Crippen molar-refractivity contribution in [2.45, 2.75) is 220 Å². The van der Waals surface area contributed by atoms with Crippen LogP contribution in [-0.4, -0.2) is 61.6 Å². The van der Waals surface area contributed by atoms with Gasteiger partial charge in [0.05, 0.1) is 0 Å². The molecule has 0 aliphatic heterocycles. The second-order valence-corrected chi connectivity index (χ2v) is 30.2. The third-order valence-corrected chi connectivity index (χ3v) is 19.5. The van der Waals surface area contributed by atoms with Gasteiger partial charge in [0.15, 0.2) is 22.7 Å². The predicted molar refractivity (Wildman–Crippen MR) is 622 cm³/mol. The number of aromatic nitrogens is 2. The molecule has 0 aliphatic rings. The number of nitrogens with two attached hydrogens (primary N) is 1. The smallest absolute Gasteiger partial charge is 0.410 e. The van der Waals surface area contributed by atoms with Crippen molar-refractivity contribution in [1.82, 2.24) is 10.3 Å². The minimum atomic E-state index is -0.526. The second kappa shape index (κ2) is 91.9. The number of aliphatic hydroxyl groups excluding tert-OH is 2. The zero-order valence-corrected chi connectivity index (χ0v) is 94.5. The number of rotatable bonds is 11. The van der Waals surface area contributed by atoms with Gasteiger partial charge in [0.25, 0.3) is 0 Å². The quantitative estimate of drug-likeness (QED) is 0.0155. The monoisotopic (exact) mass is 1980 g/mol. The summed E-state index contributed by atoms with van der Waals surface area (Å²) >= 11 is 0. The van der Waals surface area contributed by atoms with Crippen LogP contribution >= 0.6 is 12.4 Å². The Balaban J connectivity index is -0.000000368. The van der Waals surface area contributed by atoms with Gasteiger partial charge in [-0.05, 0) is 171 Å². The normalized spacial score (nSPS) is 9.21. The predicted octanol–water partition coefficient (Wildman–Crippen LogP) is 30.0. The van der Waals surface area contributed by atoms with E-state index >= 15 is 0 Å². The van der Waals surface area contributed by atoms with Gasteiger partial charge in [0, 0.05) is 62.4 Å². The van der Waals surface area contributed by atoms with Crippen molar-refractivity contribution in [2.24, 2.45) is 11.1 Å². The van der Waals surface area contributed by atoms with E-state index in [1.807, 2.05) is 494 Å². The summed E-state index contributed by atoms with van der Waals surface area (Å²) in [6, 6.07) is 126. The zero-order chi connectivity index (χ0) is 108. The second-order valence-electron chi connectivity index (χ2n) is 30.2. The summed E-state index contributed by atoms with van der Waals surface area (Å²) in [4.78, 5) is 33.5. The third-order valence-electron chi connectivity index (χ3n) is 19.5. The zero-order valence-electron chi connectivity index (χ0n) is 93.7. The van der Waals surface area contributed by atoms with Crippen LogP contribution in [0, 0.1) is 103 Å². The van der Waals surface area contributed by atoms with Gasteiger partial charge in [-0.25, -0.2) is 5.90 Å². The number of nitrogens with zero attached hydrogens (tertiary/aromatic N) is 3. The Morgan fingerprint density at radius 2 is 0.658 bits per heavy atom. The van der Waals surface area contributed by atoms with Gasteiger partial charge in [-0.15, -0.1) is 12.4 Å². The van der Waals surface area contributed by atoms with Crippen LogP contribution in [0.15, 0.2) is 390 Å². The average molecular weight is 1980 g/mol. The van der Waals surface area contributed by atoms with Crippen molar-refractivity contribution in [3.8, 4) is 22.5 Å². The van der Waals surface area contributed by atoms with Crippen LogP contribution in [0.2, 0.25) is 0 Å². The maximum atomic E-state index is 12.2. The van der Waals surface area contributed by atoms with Crippen LogP contribution in [0.4, 0.5) is 0 Å². The molecular weight excluding hydrogens is 1810 g/mol. The molecule has 1 atom stereocenters. The molecule has 15 aromatic carbocycles. The molecule has 770 valence electrons. The Hall–Kier alpha value is -13.0. The first-order chi connectivity index (χ1) is 69.4. The van der Waals surface area contributed by atoms with Crippen molar-refractivity contribution >= 4 is 57.9 Å². The molecule has 2 aromatic heterocycles. The van der Waals surface area contributed by atoms with Gasteiger partial charge in [-0.3, -0.25) is 14.4 Å². The molecular formula is C130H167ClLi2N4O9. The number of carbonyl (C=O) groups is 3. The molecule has 0 saturated carbocycles. The van der Waals surface area contributed by atoms with E-state index in [0.29, 0.717) is 5.71 Å². The van der Waals surface area contributed by atoms with E-state index in [9.17, 15) is 24.7 Å². The number of hydrogen-bond donors (Lipinski definition) is 5. The van der Waals surface area contributed by atoms with Crippen molar-refractivity contribution < 1.29 is 81.8 Å². The fourth-order valence-corrected chi connectivity index (χ4v) is 12.8. The van der Waals surface area contributed by atoms with E-state index in [-0.39, 0.29) is 61.7 Å². The van der Waals surface area contributed by atoms with E-state index in [1.165, 1.54) is 50.9 Å². The molecule has 1 unspecified atom stereocenters. The Labute approximate surface area is 909 Å². The van der Waals surface area contributed by atoms with E-state index < -0.39 is 6.10 Å². The number of oxime groups is 1. The Morgan fingerprint density at radius 1 is 0.370 bits per heavy atom. The molecule has 6 N–H and O–H groups in total. The minimum absolute atomic E-state index is 0. The van der Waals surface area contributed by atoms with Crippen molar-refractivity contribution in [2.75, 3.05) is 7.11 Å². The molecule has 0 saturated heterocycles. The number of ketones is 2. The SMILES string of the molecule is CC.CC.CC.CC.CC.CC.CC.CC(=O)c1ccc(C)cc1C.CO.Cc1ccc(C(=NO)c2ccccc2)c(C)c1.Cc1ccc(C(=O)c2ccccc2)c(C)c1.Cc1ccc(C(O)c2ccccc2)c(C)c1.Cc1ccc(C=O)c(C)c1.Cc1ccc2c(-c3ccccc3)noc2c1.Cc1ccc2c(-c3ccccc3)noc2c1.Cc1ccccc1.Cl.NO.[CH2-]CCC.[Li+].[Li+].[c-]1ccccc1.c1ccccc1. The van der Waals surface area contributed by atoms with Gasteiger partial charge in [-0.1, -0.05) is 481 Å². The summed E-state index contributed by atoms with van der Waals surface area (Å²) in [5.74, 6) is 3.74. The number of benzene rings is 15. The number of unbranched alkanes of at least 4 members (excludes halogenated alkanes) is 1. The van der Waals surface area contributed by atoms with Crippen LogP contribution in [0.25, 0.3) is 44.5 Å². The molecule has 17 aromatic rings. The van der Waals surface area contributed by atoms with Crippen LogP contribution in [-0.2, 0) is 0 Å². The molecule has 16 heteroatoms. The van der Waals surface area contributed by atoms with Crippen molar-refractivity contribution in [1.29, 1.82) is 0 Å². The van der Waals surface area contributed by atoms with Crippen molar-refractivity contribution in [3.05, 3.63) is 506 Å². The molecule has 0 spiro atoms. The van der Waals surface area contributed by atoms with Gasteiger partial charge >= 0.3 is 37.7 Å². The molecule has 146 heavy (non-hydrogen) atoms. The first-order valence-electron chi connectivity index (χ1n) is 49.6. The maximum Gasteiger partial charge on any atom is 1.00 e. The van der Waals surface area contributed by atoms with E-state index in [4.69, 9.17) is 19.4 Å². The first-order valence-corrected chi connectivity index (χ1v) is 49.6. The number of halogens is 1. The number of fused-ring (bicyclic) bond motifs is 2. The van der Waals surface area contributed by atoms with Gasteiger partial charge in [-0.2, -0.15) is 42.8 Å². The first kappa shape index (κ1) is 144. The number of aryl methyl sites for hydroxylation is 13. The van der Waals surface area contributed by atoms with Crippen LogP contribution < -0.4 is 43.6 Å². The topological polar surface area (TPSA) is 223 Å². The summed E-state index contributed by atoms with van der Waals surface area (Å²) < 4.78 is 10.7. The van der Waals surface area contributed by atoms with Crippen molar-refractivity contribution in [3.63, 3.8) is 0 Å². The van der Waals surface area contributed by atoms with E-state index in [0.717, 1.165) is 137 Å². The van der Waals surface area contributed by atoms with Crippen LogP contribution in [0.1, 0.15) is 261 Å². The molecule has 13 nitrogen and oxygen atoms in total. The Morgan fingerprint density at radius 3 is 0.959 bits per heavy atom. The average Bonchev–Trinajstić information content (AvgIpc) is 1.75. The van der Waals surface area contributed by atoms with E-state index in [1.54, 1.807) is 6.92 Å². The number of carbonyl (C=O) groups excluding carboxylic acids is 3. The van der Waals surface area contributed by atoms with Crippen LogP contribution in [0.5, 0.6) is 0 Å². The number of aliphatic hydroxyl groups is 2. The largest absolute Gasteiger partial charge is 1.00 e. The Kier molecular flexibility index (Phi) is 90.5. The summed E-state index contributed by atoms with van der Waals surface area (Å²) in [5, 5.41) is 46.8. The van der Waals surface area contributed by atoms with E-state index in [2.05, 4.69) is 111 Å². The number of Topliss-reactive ketones (excluding diaryl/α,β-unsaturated/α-hetero) is 1. The molecule has 0 aliphatic carbocycles. The van der Waals surface area contributed by atoms with Crippen LogP contribution in [0.3, 0.4) is 0 Å². The molecule has 0 bridgehead atoms.